The highest BCUT2D eigenvalue weighted by molar-refractivity contribution is 9.10. The van der Waals surface area contributed by atoms with Crippen LogP contribution in [0.1, 0.15) is 53.3 Å². The number of carbonyl (C=O) groups excluding carboxylic acids is 3. The van der Waals surface area contributed by atoms with Crippen molar-refractivity contribution in [3.63, 3.8) is 0 Å². The van der Waals surface area contributed by atoms with Gasteiger partial charge in [0.1, 0.15) is 18.9 Å². The summed E-state index contributed by atoms with van der Waals surface area (Å²) in [6, 6.07) is 56.0. The highest BCUT2D eigenvalue weighted by atomic mass is 79.9. The van der Waals surface area contributed by atoms with Crippen molar-refractivity contribution in [3.05, 3.63) is 213 Å². The molecule has 3 nitrogen and oxygen atoms in total. The SMILES string of the molecule is Cc1cccc(-c2ccc(C=O)cc2)c1.Cc1cccc(-c2ccc(C=O)cc2)c1.Cc1cccc(Br)c1.O=Cc1ccc(-c2cccc(CBr)c2)cc1. The Kier molecular flexibility index (Phi) is 16.7. The van der Waals surface area contributed by atoms with Gasteiger partial charge in [-0.1, -0.05) is 206 Å². The van der Waals surface area contributed by atoms with Gasteiger partial charge in [0.2, 0.25) is 0 Å². The summed E-state index contributed by atoms with van der Waals surface area (Å²) >= 11 is 6.80. The Labute approximate surface area is 336 Å². The molecule has 0 heterocycles. The van der Waals surface area contributed by atoms with E-state index in [1.54, 1.807) is 0 Å². The van der Waals surface area contributed by atoms with Gasteiger partial charge in [-0.05, 0) is 71.8 Å². The van der Waals surface area contributed by atoms with Crippen LogP contribution in [0.4, 0.5) is 0 Å². The lowest BCUT2D eigenvalue weighted by molar-refractivity contribution is 0.111. The number of aryl methyl sites for hydroxylation is 3. The zero-order valence-corrected chi connectivity index (χ0v) is 33.8. The molecule has 0 aliphatic heterocycles. The first-order valence-corrected chi connectivity index (χ1v) is 19.3. The molecule has 7 rings (SSSR count). The monoisotopic (exact) mass is 836 g/mol. The van der Waals surface area contributed by atoms with Crippen LogP contribution in [0.25, 0.3) is 33.4 Å². The molecule has 0 spiro atoms. The van der Waals surface area contributed by atoms with Gasteiger partial charge in [0.15, 0.2) is 0 Å². The summed E-state index contributed by atoms with van der Waals surface area (Å²) in [6.45, 7) is 6.22. The molecule has 5 heteroatoms. The topological polar surface area (TPSA) is 51.2 Å². The van der Waals surface area contributed by atoms with E-state index in [4.69, 9.17) is 0 Å². The van der Waals surface area contributed by atoms with Crippen molar-refractivity contribution in [1.82, 2.24) is 0 Å². The van der Waals surface area contributed by atoms with Crippen LogP contribution in [0.5, 0.6) is 0 Å². The number of benzene rings is 7. The second kappa shape index (κ2) is 21.9. The van der Waals surface area contributed by atoms with Gasteiger partial charge in [-0.15, -0.1) is 0 Å². The molecule has 54 heavy (non-hydrogen) atoms. The third-order valence-electron chi connectivity index (χ3n) is 8.24. The fraction of sp³-hybridized carbons (Fsp3) is 0.0816. The maximum atomic E-state index is 10.5. The fourth-order valence-electron chi connectivity index (χ4n) is 5.35. The number of rotatable bonds is 7. The van der Waals surface area contributed by atoms with Crippen molar-refractivity contribution in [2.45, 2.75) is 26.1 Å². The third-order valence-corrected chi connectivity index (χ3v) is 9.38. The van der Waals surface area contributed by atoms with Crippen LogP contribution in [0.15, 0.2) is 174 Å². The van der Waals surface area contributed by atoms with Crippen molar-refractivity contribution in [3.8, 4) is 33.4 Å². The maximum absolute atomic E-state index is 10.5. The van der Waals surface area contributed by atoms with E-state index in [0.29, 0.717) is 16.7 Å². The van der Waals surface area contributed by atoms with Crippen LogP contribution in [-0.2, 0) is 5.33 Å². The van der Waals surface area contributed by atoms with Crippen LogP contribution in [-0.4, -0.2) is 18.9 Å². The first kappa shape index (κ1) is 41.3. The molecule has 0 fully saturated rings. The van der Waals surface area contributed by atoms with E-state index in [9.17, 15) is 14.4 Å². The van der Waals surface area contributed by atoms with Crippen molar-refractivity contribution in [2.24, 2.45) is 0 Å². The van der Waals surface area contributed by atoms with Crippen molar-refractivity contribution in [2.75, 3.05) is 0 Å². The Bertz CT molecular complexity index is 2130. The second-order valence-electron chi connectivity index (χ2n) is 12.6. The van der Waals surface area contributed by atoms with Crippen molar-refractivity contribution < 1.29 is 14.4 Å². The van der Waals surface area contributed by atoms with Gasteiger partial charge in [-0.3, -0.25) is 14.4 Å². The lowest BCUT2D eigenvalue weighted by Crippen LogP contribution is -1.83. The van der Waals surface area contributed by atoms with Gasteiger partial charge in [0.05, 0.1) is 0 Å². The van der Waals surface area contributed by atoms with Crippen molar-refractivity contribution >= 4 is 50.7 Å². The lowest BCUT2D eigenvalue weighted by atomic mass is 10.0. The summed E-state index contributed by atoms with van der Waals surface area (Å²) in [5, 5.41) is 0.854. The molecule has 0 saturated carbocycles. The molecular formula is C49H42Br2O3. The first-order valence-electron chi connectivity index (χ1n) is 17.4. The Balaban J connectivity index is 0.000000164. The summed E-state index contributed by atoms with van der Waals surface area (Å²) < 4.78 is 1.15. The van der Waals surface area contributed by atoms with Gasteiger partial charge < -0.3 is 0 Å². The first-order chi connectivity index (χ1) is 26.2. The van der Waals surface area contributed by atoms with E-state index in [-0.39, 0.29) is 0 Å². The van der Waals surface area contributed by atoms with Crippen LogP contribution in [0.3, 0.4) is 0 Å². The summed E-state index contributed by atoms with van der Waals surface area (Å²) in [5.41, 5.74) is 14.1. The lowest BCUT2D eigenvalue weighted by Gasteiger charge is -2.03. The molecule has 270 valence electrons. The molecule has 0 aromatic heterocycles. The molecule has 0 atom stereocenters. The Morgan fingerprint density at radius 3 is 1.02 bits per heavy atom. The molecule has 0 radical (unpaired) electrons. The molecule has 7 aromatic carbocycles. The molecule has 0 bridgehead atoms. The number of carbonyl (C=O) groups is 3. The molecule has 0 aliphatic rings. The van der Waals surface area contributed by atoms with Crippen LogP contribution >= 0.6 is 31.9 Å². The molecule has 7 aromatic rings. The van der Waals surface area contributed by atoms with E-state index in [2.05, 4.69) is 119 Å². The number of hydrogen-bond donors (Lipinski definition) is 0. The summed E-state index contributed by atoms with van der Waals surface area (Å²) in [5.74, 6) is 0. The largest absolute Gasteiger partial charge is 0.298 e. The molecule has 0 saturated heterocycles. The minimum atomic E-state index is 0.709. The van der Waals surface area contributed by atoms with Crippen LogP contribution < -0.4 is 0 Å². The molecular weight excluding hydrogens is 796 g/mol. The standard InChI is InChI=1S/C14H11BrO.2C14H12O.C7H7Br/c15-9-12-2-1-3-14(8-12)13-6-4-11(10-16)5-7-13;2*1-11-3-2-4-14(9-11)13-7-5-12(10-15)6-8-13;1-6-3-2-4-7(8)5-6/h1-8,10H,9H2;2*2-10H,1H3;2-5H,1H3. The number of aldehydes is 3. The molecule has 0 amide bonds. The van der Waals surface area contributed by atoms with Gasteiger partial charge in [0.25, 0.3) is 0 Å². The predicted octanol–water partition coefficient (Wildman–Crippen LogP) is 13.8. The summed E-state index contributed by atoms with van der Waals surface area (Å²) in [6.07, 6.45) is 2.58. The zero-order chi connectivity index (χ0) is 38.7. The van der Waals surface area contributed by atoms with Crippen LogP contribution in [0, 0.1) is 20.8 Å². The van der Waals surface area contributed by atoms with E-state index >= 15 is 0 Å². The minimum Gasteiger partial charge on any atom is -0.298 e. The Morgan fingerprint density at radius 2 is 0.722 bits per heavy atom. The van der Waals surface area contributed by atoms with Gasteiger partial charge >= 0.3 is 0 Å². The van der Waals surface area contributed by atoms with E-state index < -0.39 is 0 Å². The predicted molar refractivity (Wildman–Crippen MR) is 233 cm³/mol. The number of halogens is 2. The fourth-order valence-corrected chi connectivity index (χ4v) is 6.21. The average Bonchev–Trinajstić information content (AvgIpc) is 3.21. The normalized spacial score (nSPS) is 9.87. The number of hydrogen-bond acceptors (Lipinski definition) is 3. The van der Waals surface area contributed by atoms with Gasteiger partial charge in [-0.2, -0.15) is 0 Å². The second-order valence-corrected chi connectivity index (χ2v) is 14.1. The minimum absolute atomic E-state index is 0.709. The van der Waals surface area contributed by atoms with Gasteiger partial charge in [0, 0.05) is 26.5 Å². The smallest absolute Gasteiger partial charge is 0.150 e. The average molecular weight is 839 g/mol. The van der Waals surface area contributed by atoms with E-state index in [1.165, 1.54) is 38.9 Å². The van der Waals surface area contributed by atoms with Gasteiger partial charge in [-0.25, -0.2) is 0 Å². The highest BCUT2D eigenvalue weighted by Gasteiger charge is 2.00. The third kappa shape index (κ3) is 13.5. The quantitative estimate of drug-likeness (QED) is 0.119. The molecule has 0 aliphatic carbocycles. The maximum Gasteiger partial charge on any atom is 0.150 e. The highest BCUT2D eigenvalue weighted by Crippen LogP contribution is 2.23. The Hall–Kier alpha value is -5.49. The number of alkyl halides is 1. The summed E-state index contributed by atoms with van der Waals surface area (Å²) in [7, 11) is 0. The van der Waals surface area contributed by atoms with Crippen molar-refractivity contribution in [1.29, 1.82) is 0 Å². The van der Waals surface area contributed by atoms with E-state index in [0.717, 1.165) is 45.4 Å². The zero-order valence-electron chi connectivity index (χ0n) is 30.6. The van der Waals surface area contributed by atoms with E-state index in [1.807, 2.05) is 103 Å². The molecule has 0 unspecified atom stereocenters. The van der Waals surface area contributed by atoms with Crippen LogP contribution in [0.2, 0.25) is 0 Å². The summed E-state index contributed by atoms with van der Waals surface area (Å²) in [4.78, 5) is 31.6. The molecule has 0 N–H and O–H groups in total. The Morgan fingerprint density at radius 1 is 0.389 bits per heavy atom.